The molecule has 1 aliphatic rings. The lowest BCUT2D eigenvalue weighted by Crippen LogP contribution is -2.41. The maximum Gasteiger partial charge on any atom is 0.289 e. The van der Waals surface area contributed by atoms with E-state index in [0.717, 1.165) is 41.0 Å². The highest BCUT2D eigenvalue weighted by Gasteiger charge is 2.26. The first-order valence-corrected chi connectivity index (χ1v) is 8.86. The molecule has 3 heterocycles. The minimum absolute atomic E-state index is 0.00185. The van der Waals surface area contributed by atoms with Crippen molar-refractivity contribution in [3.05, 3.63) is 39.5 Å². The van der Waals surface area contributed by atoms with Crippen LogP contribution in [-0.4, -0.2) is 33.2 Å². The van der Waals surface area contributed by atoms with Gasteiger partial charge in [-0.05, 0) is 68.1 Å². The number of likely N-dealkylation sites (tertiary alicyclic amines) is 1. The number of furan rings is 1. The van der Waals surface area contributed by atoms with Gasteiger partial charge in [-0.3, -0.25) is 9.48 Å². The predicted molar refractivity (Wildman–Crippen MR) is 91.6 cm³/mol. The summed E-state index contributed by atoms with van der Waals surface area (Å²) in [5, 5.41) is 4.48. The van der Waals surface area contributed by atoms with Crippen LogP contribution in [0.4, 0.5) is 0 Å². The molecule has 2 aromatic heterocycles. The van der Waals surface area contributed by atoms with E-state index >= 15 is 0 Å². The minimum atomic E-state index is -0.00185. The van der Waals surface area contributed by atoms with Crippen molar-refractivity contribution < 1.29 is 9.21 Å². The van der Waals surface area contributed by atoms with E-state index in [-0.39, 0.29) is 11.9 Å². The molecule has 2 aromatic rings. The molecule has 0 N–H and O–H groups in total. The lowest BCUT2D eigenvalue weighted by molar-refractivity contribution is 0.0601. The number of aryl methyl sites for hydroxylation is 1. The first-order chi connectivity index (χ1) is 11.0. The van der Waals surface area contributed by atoms with Crippen LogP contribution < -0.4 is 0 Å². The SMILES string of the molecule is Cc1nn(Cc2ccc(C(=O)N3CCCCC3C)o2)c(C)c1Br. The number of aromatic nitrogens is 2. The van der Waals surface area contributed by atoms with Crippen molar-refractivity contribution in [2.45, 2.75) is 52.6 Å². The molecule has 0 saturated carbocycles. The van der Waals surface area contributed by atoms with Crippen LogP contribution in [0.15, 0.2) is 21.0 Å². The van der Waals surface area contributed by atoms with Crippen LogP contribution in [0.3, 0.4) is 0 Å². The van der Waals surface area contributed by atoms with Crippen LogP contribution in [0.5, 0.6) is 0 Å². The first-order valence-electron chi connectivity index (χ1n) is 8.06. The van der Waals surface area contributed by atoms with Crippen molar-refractivity contribution in [1.29, 1.82) is 0 Å². The Morgan fingerprint density at radius 3 is 2.83 bits per heavy atom. The van der Waals surface area contributed by atoms with E-state index in [9.17, 15) is 4.79 Å². The number of piperidine rings is 1. The molecular weight excluding hydrogens is 358 g/mol. The number of amides is 1. The average Bonchev–Trinajstić information content (AvgIpc) is 3.09. The molecular formula is C17H22BrN3O2. The fourth-order valence-electron chi connectivity index (χ4n) is 3.10. The van der Waals surface area contributed by atoms with Gasteiger partial charge < -0.3 is 9.32 Å². The van der Waals surface area contributed by atoms with Gasteiger partial charge in [0, 0.05) is 12.6 Å². The fraction of sp³-hybridized carbons (Fsp3) is 0.529. The first kappa shape index (κ1) is 16.3. The highest BCUT2D eigenvalue weighted by Crippen LogP contribution is 2.23. The summed E-state index contributed by atoms with van der Waals surface area (Å²) in [7, 11) is 0. The highest BCUT2D eigenvalue weighted by molar-refractivity contribution is 9.10. The Labute approximate surface area is 144 Å². The fourth-order valence-corrected chi connectivity index (χ4v) is 3.38. The molecule has 124 valence electrons. The zero-order valence-electron chi connectivity index (χ0n) is 13.8. The Kier molecular flexibility index (Phi) is 4.62. The van der Waals surface area contributed by atoms with Gasteiger partial charge in [-0.1, -0.05) is 0 Å². The second-order valence-corrected chi connectivity index (χ2v) is 7.04. The van der Waals surface area contributed by atoms with Crippen molar-refractivity contribution in [2.75, 3.05) is 6.54 Å². The molecule has 23 heavy (non-hydrogen) atoms. The van der Waals surface area contributed by atoms with Crippen LogP contribution in [0.25, 0.3) is 0 Å². The summed E-state index contributed by atoms with van der Waals surface area (Å²) in [6, 6.07) is 3.93. The van der Waals surface area contributed by atoms with Crippen molar-refractivity contribution in [1.82, 2.24) is 14.7 Å². The van der Waals surface area contributed by atoms with E-state index in [2.05, 4.69) is 28.0 Å². The maximum absolute atomic E-state index is 12.6. The summed E-state index contributed by atoms with van der Waals surface area (Å²) < 4.78 is 8.69. The molecule has 1 fully saturated rings. The van der Waals surface area contributed by atoms with Gasteiger partial charge in [-0.15, -0.1) is 0 Å². The Hall–Kier alpha value is -1.56. The van der Waals surface area contributed by atoms with E-state index in [1.165, 1.54) is 6.42 Å². The highest BCUT2D eigenvalue weighted by atomic mass is 79.9. The molecule has 1 saturated heterocycles. The van der Waals surface area contributed by atoms with Crippen molar-refractivity contribution in [2.24, 2.45) is 0 Å². The number of rotatable bonds is 3. The molecule has 0 bridgehead atoms. The van der Waals surface area contributed by atoms with Gasteiger partial charge in [0.05, 0.1) is 22.4 Å². The van der Waals surface area contributed by atoms with Crippen LogP contribution in [0.2, 0.25) is 0 Å². The Morgan fingerprint density at radius 1 is 1.39 bits per heavy atom. The third kappa shape index (κ3) is 3.22. The van der Waals surface area contributed by atoms with Gasteiger partial charge in [0.1, 0.15) is 5.76 Å². The normalized spacial score (nSPS) is 18.4. The third-order valence-corrected chi connectivity index (χ3v) is 5.68. The van der Waals surface area contributed by atoms with Gasteiger partial charge in [0.15, 0.2) is 5.76 Å². The molecule has 6 heteroatoms. The molecule has 0 radical (unpaired) electrons. The summed E-state index contributed by atoms with van der Waals surface area (Å²) >= 11 is 3.53. The van der Waals surface area contributed by atoms with Crippen molar-refractivity contribution >= 4 is 21.8 Å². The Morgan fingerprint density at radius 2 is 2.17 bits per heavy atom. The second kappa shape index (κ2) is 6.51. The zero-order chi connectivity index (χ0) is 16.6. The van der Waals surface area contributed by atoms with Crippen LogP contribution >= 0.6 is 15.9 Å². The summed E-state index contributed by atoms with van der Waals surface area (Å²) in [5.41, 5.74) is 2.00. The third-order valence-electron chi connectivity index (χ3n) is 4.54. The molecule has 5 nitrogen and oxygen atoms in total. The number of carbonyl (C=O) groups excluding carboxylic acids is 1. The molecule has 0 aliphatic carbocycles. The molecule has 1 unspecified atom stereocenters. The number of hydrogen-bond donors (Lipinski definition) is 0. The monoisotopic (exact) mass is 379 g/mol. The van der Waals surface area contributed by atoms with Crippen molar-refractivity contribution in [3.8, 4) is 0 Å². The van der Waals surface area contributed by atoms with Crippen LogP contribution in [-0.2, 0) is 6.54 Å². The van der Waals surface area contributed by atoms with Crippen LogP contribution in [0, 0.1) is 13.8 Å². The molecule has 1 aliphatic heterocycles. The smallest absolute Gasteiger partial charge is 0.289 e. The van der Waals surface area contributed by atoms with Crippen molar-refractivity contribution in [3.63, 3.8) is 0 Å². The standard InChI is InChI=1S/C17H22BrN3O2/c1-11-6-4-5-9-20(11)17(22)15-8-7-14(23-15)10-21-13(3)16(18)12(2)19-21/h7-8,11H,4-6,9-10H2,1-3H3. The maximum atomic E-state index is 12.6. The summed E-state index contributed by atoms with van der Waals surface area (Å²) in [6.45, 7) is 7.42. The summed E-state index contributed by atoms with van der Waals surface area (Å²) in [6.07, 6.45) is 3.34. The Bertz CT molecular complexity index is 719. The van der Waals surface area contributed by atoms with E-state index in [4.69, 9.17) is 4.42 Å². The number of nitrogens with zero attached hydrogens (tertiary/aromatic N) is 3. The minimum Gasteiger partial charge on any atom is -0.454 e. The number of hydrogen-bond acceptors (Lipinski definition) is 3. The summed E-state index contributed by atoms with van der Waals surface area (Å²) in [4.78, 5) is 14.5. The quantitative estimate of drug-likeness (QED) is 0.811. The topological polar surface area (TPSA) is 51.3 Å². The van der Waals surface area contributed by atoms with E-state index in [1.54, 1.807) is 6.07 Å². The Balaban J connectivity index is 1.75. The van der Waals surface area contributed by atoms with Gasteiger partial charge in [0.2, 0.25) is 0 Å². The number of halogens is 1. The largest absolute Gasteiger partial charge is 0.454 e. The molecule has 1 atom stereocenters. The average molecular weight is 380 g/mol. The van der Waals surface area contributed by atoms with E-state index < -0.39 is 0 Å². The molecule has 3 rings (SSSR count). The number of carbonyl (C=O) groups is 1. The van der Waals surface area contributed by atoms with E-state index in [1.807, 2.05) is 29.5 Å². The predicted octanol–water partition coefficient (Wildman–Crippen LogP) is 3.92. The van der Waals surface area contributed by atoms with E-state index in [0.29, 0.717) is 12.3 Å². The van der Waals surface area contributed by atoms with Gasteiger partial charge in [-0.2, -0.15) is 5.10 Å². The lowest BCUT2D eigenvalue weighted by atomic mass is 10.0. The molecule has 0 aromatic carbocycles. The lowest BCUT2D eigenvalue weighted by Gasteiger charge is -2.32. The van der Waals surface area contributed by atoms with Crippen LogP contribution in [0.1, 0.15) is 53.9 Å². The van der Waals surface area contributed by atoms with Gasteiger partial charge in [-0.25, -0.2) is 0 Å². The van der Waals surface area contributed by atoms with Gasteiger partial charge in [0.25, 0.3) is 5.91 Å². The second-order valence-electron chi connectivity index (χ2n) is 6.25. The van der Waals surface area contributed by atoms with Gasteiger partial charge >= 0.3 is 0 Å². The molecule has 0 spiro atoms. The zero-order valence-corrected chi connectivity index (χ0v) is 15.4. The summed E-state index contributed by atoms with van der Waals surface area (Å²) in [5.74, 6) is 1.17. The molecule has 1 amide bonds.